The fourth-order valence-electron chi connectivity index (χ4n) is 1.78. The molecule has 0 bridgehead atoms. The zero-order valence-electron chi connectivity index (χ0n) is 10.7. The van der Waals surface area contributed by atoms with E-state index in [1.54, 1.807) is 13.3 Å². The van der Waals surface area contributed by atoms with E-state index in [0.717, 1.165) is 35.9 Å². The number of nitrogens with zero attached hydrogens (tertiary/aromatic N) is 2. The van der Waals surface area contributed by atoms with Crippen LogP contribution in [-0.4, -0.2) is 17.1 Å². The number of para-hydroxylation sites is 1. The van der Waals surface area contributed by atoms with Crippen molar-refractivity contribution in [3.05, 3.63) is 53.6 Å². The Labute approximate surface area is 107 Å². The van der Waals surface area contributed by atoms with E-state index >= 15 is 0 Å². The number of rotatable bonds is 5. The zero-order chi connectivity index (χ0) is 12.8. The molecule has 0 saturated carbocycles. The van der Waals surface area contributed by atoms with E-state index in [2.05, 4.69) is 21.4 Å². The molecule has 4 nitrogen and oxygen atoms in total. The van der Waals surface area contributed by atoms with Crippen molar-refractivity contribution in [2.45, 2.75) is 20.0 Å². The van der Waals surface area contributed by atoms with Gasteiger partial charge in [-0.3, -0.25) is 0 Å². The van der Waals surface area contributed by atoms with Gasteiger partial charge in [-0.25, -0.2) is 9.97 Å². The molecule has 0 unspecified atom stereocenters. The van der Waals surface area contributed by atoms with Crippen LogP contribution in [0.5, 0.6) is 5.75 Å². The second-order valence-electron chi connectivity index (χ2n) is 4.01. The summed E-state index contributed by atoms with van der Waals surface area (Å²) < 4.78 is 5.30. The molecule has 1 heterocycles. The van der Waals surface area contributed by atoms with Gasteiger partial charge in [0, 0.05) is 24.8 Å². The molecule has 2 rings (SSSR count). The van der Waals surface area contributed by atoms with Crippen LogP contribution in [0, 0.1) is 6.92 Å². The highest BCUT2D eigenvalue weighted by Gasteiger charge is 2.01. The molecule has 18 heavy (non-hydrogen) atoms. The van der Waals surface area contributed by atoms with Crippen molar-refractivity contribution in [1.29, 1.82) is 0 Å². The minimum Gasteiger partial charge on any atom is -0.496 e. The maximum atomic E-state index is 5.30. The van der Waals surface area contributed by atoms with Gasteiger partial charge in [0.15, 0.2) is 0 Å². The SMILES string of the molecule is COc1ccccc1CNCc1ccnc(C)n1. The van der Waals surface area contributed by atoms with E-state index in [0.29, 0.717) is 0 Å². The fourth-order valence-corrected chi connectivity index (χ4v) is 1.78. The lowest BCUT2D eigenvalue weighted by Crippen LogP contribution is -2.14. The van der Waals surface area contributed by atoms with E-state index in [-0.39, 0.29) is 0 Å². The largest absolute Gasteiger partial charge is 0.496 e. The monoisotopic (exact) mass is 243 g/mol. The molecule has 0 radical (unpaired) electrons. The molecule has 1 aromatic heterocycles. The van der Waals surface area contributed by atoms with Crippen LogP contribution in [0.1, 0.15) is 17.1 Å². The lowest BCUT2D eigenvalue weighted by molar-refractivity contribution is 0.407. The lowest BCUT2D eigenvalue weighted by Gasteiger charge is -2.09. The summed E-state index contributed by atoms with van der Waals surface area (Å²) in [5.41, 5.74) is 2.14. The highest BCUT2D eigenvalue weighted by atomic mass is 16.5. The maximum Gasteiger partial charge on any atom is 0.125 e. The minimum atomic E-state index is 0.724. The predicted octanol–water partition coefficient (Wildman–Crippen LogP) is 2.08. The van der Waals surface area contributed by atoms with E-state index in [1.807, 2.05) is 31.2 Å². The summed E-state index contributed by atoms with van der Waals surface area (Å²) in [6.07, 6.45) is 1.78. The number of hydrogen-bond donors (Lipinski definition) is 1. The Balaban J connectivity index is 1.92. The third kappa shape index (κ3) is 3.28. The van der Waals surface area contributed by atoms with Crippen LogP contribution in [0.2, 0.25) is 0 Å². The minimum absolute atomic E-state index is 0.724. The molecule has 0 aliphatic heterocycles. The molecule has 1 N–H and O–H groups in total. The molecular weight excluding hydrogens is 226 g/mol. The zero-order valence-corrected chi connectivity index (χ0v) is 10.7. The molecule has 0 spiro atoms. The van der Waals surface area contributed by atoms with Crippen molar-refractivity contribution in [1.82, 2.24) is 15.3 Å². The van der Waals surface area contributed by atoms with E-state index in [9.17, 15) is 0 Å². The highest BCUT2D eigenvalue weighted by molar-refractivity contribution is 5.32. The smallest absolute Gasteiger partial charge is 0.125 e. The van der Waals surface area contributed by atoms with Crippen molar-refractivity contribution in [3.63, 3.8) is 0 Å². The van der Waals surface area contributed by atoms with Crippen molar-refractivity contribution in [2.24, 2.45) is 0 Å². The topological polar surface area (TPSA) is 47.0 Å². The predicted molar refractivity (Wildman–Crippen MR) is 70.3 cm³/mol. The molecule has 0 aliphatic carbocycles. The summed E-state index contributed by atoms with van der Waals surface area (Å²) in [6, 6.07) is 9.91. The van der Waals surface area contributed by atoms with Crippen molar-refractivity contribution >= 4 is 0 Å². The Morgan fingerprint density at radius 1 is 1.17 bits per heavy atom. The van der Waals surface area contributed by atoms with Gasteiger partial charge in [-0.2, -0.15) is 0 Å². The molecule has 0 amide bonds. The third-order valence-electron chi connectivity index (χ3n) is 2.65. The van der Waals surface area contributed by atoms with Crippen LogP contribution < -0.4 is 10.1 Å². The Kier molecular flexibility index (Phi) is 4.25. The Morgan fingerprint density at radius 3 is 2.78 bits per heavy atom. The molecule has 0 fully saturated rings. The third-order valence-corrected chi connectivity index (χ3v) is 2.65. The van der Waals surface area contributed by atoms with Gasteiger partial charge in [-0.15, -0.1) is 0 Å². The summed E-state index contributed by atoms with van der Waals surface area (Å²) >= 11 is 0. The van der Waals surface area contributed by atoms with Gasteiger partial charge in [0.2, 0.25) is 0 Å². The first-order chi connectivity index (χ1) is 8.79. The number of ether oxygens (including phenoxy) is 1. The second-order valence-corrected chi connectivity index (χ2v) is 4.01. The maximum absolute atomic E-state index is 5.30. The average Bonchev–Trinajstić information content (AvgIpc) is 2.39. The molecular formula is C14H17N3O. The number of methoxy groups -OCH3 is 1. The average molecular weight is 243 g/mol. The van der Waals surface area contributed by atoms with Crippen LogP contribution in [0.25, 0.3) is 0 Å². The molecule has 1 aromatic carbocycles. The normalized spacial score (nSPS) is 10.3. The quantitative estimate of drug-likeness (QED) is 0.873. The van der Waals surface area contributed by atoms with Gasteiger partial charge in [0.1, 0.15) is 11.6 Å². The number of aromatic nitrogens is 2. The number of aryl methyl sites for hydroxylation is 1. The van der Waals surface area contributed by atoms with Crippen LogP contribution in [0.3, 0.4) is 0 Å². The number of hydrogen-bond acceptors (Lipinski definition) is 4. The fraction of sp³-hybridized carbons (Fsp3) is 0.286. The van der Waals surface area contributed by atoms with Gasteiger partial charge in [-0.1, -0.05) is 18.2 Å². The van der Waals surface area contributed by atoms with Gasteiger partial charge in [-0.05, 0) is 19.1 Å². The van der Waals surface area contributed by atoms with Crippen molar-refractivity contribution in [3.8, 4) is 5.75 Å². The molecule has 94 valence electrons. The van der Waals surface area contributed by atoms with Crippen molar-refractivity contribution in [2.75, 3.05) is 7.11 Å². The Bertz CT molecular complexity index is 514. The molecule has 0 saturated heterocycles. The van der Waals surface area contributed by atoms with Gasteiger partial charge in [0.05, 0.1) is 12.8 Å². The van der Waals surface area contributed by atoms with Gasteiger partial charge >= 0.3 is 0 Å². The van der Waals surface area contributed by atoms with Gasteiger partial charge < -0.3 is 10.1 Å². The first kappa shape index (κ1) is 12.5. The van der Waals surface area contributed by atoms with Crippen LogP contribution in [-0.2, 0) is 13.1 Å². The lowest BCUT2D eigenvalue weighted by atomic mass is 10.2. The van der Waals surface area contributed by atoms with Gasteiger partial charge in [0.25, 0.3) is 0 Å². The van der Waals surface area contributed by atoms with E-state index in [1.165, 1.54) is 0 Å². The van der Waals surface area contributed by atoms with E-state index < -0.39 is 0 Å². The second kappa shape index (κ2) is 6.12. The molecule has 4 heteroatoms. The van der Waals surface area contributed by atoms with Crippen molar-refractivity contribution < 1.29 is 4.74 Å². The highest BCUT2D eigenvalue weighted by Crippen LogP contribution is 2.16. The van der Waals surface area contributed by atoms with Crippen LogP contribution in [0.4, 0.5) is 0 Å². The summed E-state index contributed by atoms with van der Waals surface area (Å²) in [5, 5.41) is 3.35. The summed E-state index contributed by atoms with van der Waals surface area (Å²) in [6.45, 7) is 3.37. The standard InChI is InChI=1S/C14H17N3O/c1-11-16-8-7-13(17-11)10-15-9-12-5-3-4-6-14(12)18-2/h3-8,15H,9-10H2,1-2H3. The van der Waals surface area contributed by atoms with Crippen LogP contribution >= 0.6 is 0 Å². The van der Waals surface area contributed by atoms with E-state index in [4.69, 9.17) is 4.74 Å². The number of benzene rings is 1. The molecule has 0 aliphatic rings. The summed E-state index contributed by atoms with van der Waals surface area (Å²) in [5.74, 6) is 1.70. The first-order valence-electron chi connectivity index (χ1n) is 5.90. The summed E-state index contributed by atoms with van der Waals surface area (Å²) in [4.78, 5) is 8.42. The first-order valence-corrected chi connectivity index (χ1v) is 5.90. The molecule has 2 aromatic rings. The summed E-state index contributed by atoms with van der Waals surface area (Å²) in [7, 11) is 1.69. The molecule has 0 atom stereocenters. The number of nitrogens with one attached hydrogen (secondary N) is 1. The van der Waals surface area contributed by atoms with Crippen LogP contribution in [0.15, 0.2) is 36.5 Å². The Hall–Kier alpha value is -1.94. The Morgan fingerprint density at radius 2 is 2.00 bits per heavy atom.